The van der Waals surface area contributed by atoms with Gasteiger partial charge in [0.15, 0.2) is 17.3 Å². The van der Waals surface area contributed by atoms with Gasteiger partial charge in [-0.15, -0.1) is 0 Å². The molecule has 3 heterocycles. The summed E-state index contributed by atoms with van der Waals surface area (Å²) < 4.78 is 27.0. The van der Waals surface area contributed by atoms with E-state index < -0.39 is 23.6 Å². The van der Waals surface area contributed by atoms with Gasteiger partial charge in [0.1, 0.15) is 24.0 Å². The molecule has 0 radical (unpaired) electrons. The molecule has 12 heteroatoms. The molecule has 5 N–H and O–H groups in total. The highest BCUT2D eigenvalue weighted by atomic mass is 19.2. The van der Waals surface area contributed by atoms with E-state index in [1.807, 2.05) is 30.3 Å². The number of carbonyl (C=O) groups excluding carboxylic acids is 1. The number of nitriles is 1. The maximum atomic E-state index is 13.7. The Bertz CT molecular complexity index is 1730. The number of aromatic nitrogens is 5. The Morgan fingerprint density at radius 2 is 1.90 bits per heavy atom. The van der Waals surface area contributed by atoms with Crippen molar-refractivity contribution in [3.8, 4) is 17.3 Å². The molecular formula is C27H21F2N9O. The van der Waals surface area contributed by atoms with Crippen LogP contribution in [0, 0.1) is 23.0 Å². The average Bonchev–Trinajstić information content (AvgIpc) is 3.39. The highest BCUT2D eigenvalue weighted by Crippen LogP contribution is 2.28. The Labute approximate surface area is 220 Å². The summed E-state index contributed by atoms with van der Waals surface area (Å²) >= 11 is 0. The molecule has 0 aliphatic rings. The molecule has 10 nitrogen and oxygen atoms in total. The minimum Gasteiger partial charge on any atom is -0.383 e. The number of anilines is 2. The van der Waals surface area contributed by atoms with Crippen LogP contribution in [0.15, 0.2) is 61.1 Å². The number of hydrogen-bond donors (Lipinski definition) is 4. The van der Waals surface area contributed by atoms with Crippen molar-refractivity contribution in [3.63, 3.8) is 0 Å². The Morgan fingerprint density at radius 3 is 2.64 bits per heavy atom. The number of nitrogen functional groups attached to an aromatic ring is 1. The molecule has 2 aromatic carbocycles. The van der Waals surface area contributed by atoms with Gasteiger partial charge in [-0.2, -0.15) is 10.4 Å². The van der Waals surface area contributed by atoms with Crippen LogP contribution in [-0.2, 0) is 6.54 Å². The summed E-state index contributed by atoms with van der Waals surface area (Å²) in [5.41, 5.74) is 9.63. The van der Waals surface area contributed by atoms with Crippen molar-refractivity contribution in [1.82, 2.24) is 30.5 Å². The van der Waals surface area contributed by atoms with Gasteiger partial charge in [0.2, 0.25) is 0 Å². The topological polar surface area (TPSA) is 158 Å². The van der Waals surface area contributed by atoms with Gasteiger partial charge in [0.25, 0.3) is 5.91 Å². The molecule has 0 bridgehead atoms. The minimum atomic E-state index is -1.01. The van der Waals surface area contributed by atoms with E-state index in [4.69, 9.17) is 5.73 Å². The number of rotatable bonds is 7. The van der Waals surface area contributed by atoms with E-state index in [1.54, 1.807) is 6.92 Å². The lowest BCUT2D eigenvalue weighted by atomic mass is 10.1. The number of amides is 1. The zero-order chi connectivity index (χ0) is 27.5. The van der Waals surface area contributed by atoms with Crippen LogP contribution in [0.1, 0.15) is 40.0 Å². The molecule has 0 aliphatic carbocycles. The van der Waals surface area contributed by atoms with Gasteiger partial charge in [0, 0.05) is 18.3 Å². The SMILES string of the molecule is C[C@H](NC(=O)c1cc(C#N)cnc1NCc1ccc(-c2[nH]nc3ncnc(N)c23)cc1)c1ccc(F)c(F)c1. The quantitative estimate of drug-likeness (QED) is 0.245. The zero-order valence-electron chi connectivity index (χ0n) is 20.5. The second kappa shape index (κ2) is 10.5. The van der Waals surface area contributed by atoms with Crippen molar-refractivity contribution in [2.45, 2.75) is 19.5 Å². The second-order valence-electron chi connectivity index (χ2n) is 8.71. The van der Waals surface area contributed by atoms with Crippen LogP contribution in [0.5, 0.6) is 0 Å². The van der Waals surface area contributed by atoms with E-state index in [0.717, 1.165) is 23.3 Å². The molecule has 5 aromatic rings. The molecule has 3 aromatic heterocycles. The molecule has 0 saturated carbocycles. The van der Waals surface area contributed by atoms with E-state index in [0.29, 0.717) is 34.7 Å². The highest BCUT2D eigenvalue weighted by molar-refractivity contribution is 5.99. The molecule has 194 valence electrons. The van der Waals surface area contributed by atoms with Gasteiger partial charge in [0.05, 0.1) is 28.2 Å². The fraction of sp³-hybridized carbons (Fsp3) is 0.111. The van der Waals surface area contributed by atoms with Crippen molar-refractivity contribution in [3.05, 3.63) is 94.9 Å². The number of carbonyl (C=O) groups is 1. The number of H-pyrrole nitrogens is 1. The number of nitrogens with two attached hydrogens (primary N) is 1. The van der Waals surface area contributed by atoms with Crippen LogP contribution in [0.2, 0.25) is 0 Å². The molecule has 39 heavy (non-hydrogen) atoms. The van der Waals surface area contributed by atoms with Crippen molar-refractivity contribution in [2.75, 3.05) is 11.1 Å². The molecular weight excluding hydrogens is 504 g/mol. The Hall–Kier alpha value is -5.44. The van der Waals surface area contributed by atoms with Gasteiger partial charge in [-0.05, 0) is 36.2 Å². The first-order chi connectivity index (χ1) is 18.8. The maximum absolute atomic E-state index is 13.7. The van der Waals surface area contributed by atoms with Gasteiger partial charge >= 0.3 is 0 Å². The summed E-state index contributed by atoms with van der Waals surface area (Å²) in [7, 11) is 0. The lowest BCUT2D eigenvalue weighted by Crippen LogP contribution is -2.28. The van der Waals surface area contributed by atoms with Crippen LogP contribution in [0.25, 0.3) is 22.3 Å². The average molecular weight is 526 g/mol. The third-order valence-corrected chi connectivity index (χ3v) is 6.14. The van der Waals surface area contributed by atoms with Crippen molar-refractivity contribution in [1.29, 1.82) is 5.26 Å². The standard InChI is InChI=1S/C27H21F2N9O/c1-14(18-6-7-20(28)21(29)9-18)36-27(39)19-8-16(10-30)12-33-25(19)32-11-15-2-4-17(5-3-15)23-22-24(31)34-13-35-26(22)38-37-23/h2-9,12-14H,11H2,1H3,(H,32,33)(H,36,39)(H3,31,34,35,37,38)/t14-/m0/s1. The number of pyridine rings is 1. The van der Waals surface area contributed by atoms with Gasteiger partial charge in [-0.3, -0.25) is 9.89 Å². The van der Waals surface area contributed by atoms with Crippen LogP contribution >= 0.6 is 0 Å². The third kappa shape index (κ3) is 5.19. The largest absolute Gasteiger partial charge is 0.383 e. The summed E-state index contributed by atoms with van der Waals surface area (Å²) in [6.07, 6.45) is 2.71. The summed E-state index contributed by atoms with van der Waals surface area (Å²) in [5.74, 6) is -1.92. The summed E-state index contributed by atoms with van der Waals surface area (Å²) in [6, 6.07) is 13.7. The predicted octanol–water partition coefficient (Wildman–Crippen LogP) is 4.25. The number of nitrogens with zero attached hydrogens (tertiary/aromatic N) is 5. The molecule has 0 spiro atoms. The van der Waals surface area contributed by atoms with Crippen LogP contribution < -0.4 is 16.4 Å². The van der Waals surface area contributed by atoms with Gasteiger partial charge < -0.3 is 16.4 Å². The third-order valence-electron chi connectivity index (χ3n) is 6.14. The molecule has 0 aliphatic heterocycles. The minimum absolute atomic E-state index is 0.138. The van der Waals surface area contributed by atoms with E-state index in [9.17, 15) is 18.8 Å². The molecule has 0 unspecified atom stereocenters. The number of hydrogen-bond acceptors (Lipinski definition) is 8. The summed E-state index contributed by atoms with van der Waals surface area (Å²) in [5, 5.41) is 22.9. The molecule has 1 atom stereocenters. The Balaban J connectivity index is 1.32. The Kier molecular flexibility index (Phi) is 6.79. The number of nitrogens with one attached hydrogen (secondary N) is 3. The molecule has 0 fully saturated rings. The maximum Gasteiger partial charge on any atom is 0.255 e. The summed E-state index contributed by atoms with van der Waals surface area (Å²) in [4.78, 5) is 25.5. The smallest absolute Gasteiger partial charge is 0.255 e. The summed E-state index contributed by atoms with van der Waals surface area (Å²) in [6.45, 7) is 1.97. The van der Waals surface area contributed by atoms with Crippen molar-refractivity contribution >= 4 is 28.6 Å². The lowest BCUT2D eigenvalue weighted by molar-refractivity contribution is 0.0940. The van der Waals surface area contributed by atoms with Crippen molar-refractivity contribution in [2.24, 2.45) is 0 Å². The predicted molar refractivity (Wildman–Crippen MR) is 140 cm³/mol. The van der Waals surface area contributed by atoms with Crippen LogP contribution in [-0.4, -0.2) is 31.1 Å². The fourth-order valence-electron chi connectivity index (χ4n) is 4.04. The highest BCUT2D eigenvalue weighted by Gasteiger charge is 2.18. The fourth-order valence-corrected chi connectivity index (χ4v) is 4.04. The lowest BCUT2D eigenvalue weighted by Gasteiger charge is -2.17. The van der Waals surface area contributed by atoms with Crippen LogP contribution in [0.3, 0.4) is 0 Å². The first-order valence-electron chi connectivity index (χ1n) is 11.8. The van der Waals surface area contributed by atoms with E-state index >= 15 is 0 Å². The molecule has 5 rings (SSSR count). The van der Waals surface area contributed by atoms with Gasteiger partial charge in [-0.1, -0.05) is 30.3 Å². The normalized spacial score (nSPS) is 11.6. The van der Waals surface area contributed by atoms with E-state index in [1.165, 1.54) is 24.7 Å². The Morgan fingerprint density at radius 1 is 1.10 bits per heavy atom. The number of fused-ring (bicyclic) bond motifs is 1. The number of halogens is 2. The second-order valence-corrected chi connectivity index (χ2v) is 8.71. The zero-order valence-corrected chi connectivity index (χ0v) is 20.5. The van der Waals surface area contributed by atoms with Crippen molar-refractivity contribution < 1.29 is 13.6 Å². The first-order valence-corrected chi connectivity index (χ1v) is 11.8. The molecule has 1 amide bonds. The van der Waals surface area contributed by atoms with Crippen LogP contribution in [0.4, 0.5) is 20.4 Å². The molecule has 0 saturated heterocycles. The number of benzene rings is 2. The van der Waals surface area contributed by atoms with E-state index in [2.05, 4.69) is 35.8 Å². The monoisotopic (exact) mass is 525 g/mol. The first kappa shape index (κ1) is 25.2. The van der Waals surface area contributed by atoms with Gasteiger partial charge in [-0.25, -0.2) is 23.7 Å². The van der Waals surface area contributed by atoms with E-state index in [-0.39, 0.29) is 16.9 Å². The number of aromatic amines is 1.